The van der Waals surface area contributed by atoms with Crippen molar-refractivity contribution in [2.75, 3.05) is 31.1 Å². The van der Waals surface area contributed by atoms with E-state index >= 15 is 0 Å². The standard InChI is InChI=1S/C24H28N6O2/c1-2-32-24-12-21(26-15-27-24)17-5-6-19(22(31)11-17)20-7-8-23(29-28-20)30-10-9-18(14-30)25-13-16-3-4-16/h5-8,11-12,15-16,18,25,31H,2-4,9-10,13-14H2,1H3. The molecule has 1 aliphatic carbocycles. The molecule has 5 rings (SSSR count). The number of nitrogens with one attached hydrogen (secondary N) is 1. The molecule has 1 saturated carbocycles. The summed E-state index contributed by atoms with van der Waals surface area (Å²) >= 11 is 0. The van der Waals surface area contributed by atoms with Crippen molar-refractivity contribution in [1.29, 1.82) is 0 Å². The van der Waals surface area contributed by atoms with Crippen LogP contribution in [0.5, 0.6) is 11.6 Å². The van der Waals surface area contributed by atoms with Crippen LogP contribution < -0.4 is 15.0 Å². The highest BCUT2D eigenvalue weighted by Crippen LogP contribution is 2.33. The van der Waals surface area contributed by atoms with Crippen molar-refractivity contribution in [3.05, 3.63) is 42.7 Å². The number of phenolic OH excluding ortho intramolecular Hbond substituents is 1. The maximum atomic E-state index is 10.6. The molecule has 2 aliphatic rings. The van der Waals surface area contributed by atoms with E-state index in [2.05, 4.69) is 30.4 Å². The van der Waals surface area contributed by atoms with Crippen LogP contribution in [-0.4, -0.2) is 57.6 Å². The average molecular weight is 433 g/mol. The maximum absolute atomic E-state index is 10.6. The van der Waals surface area contributed by atoms with E-state index in [9.17, 15) is 5.11 Å². The molecule has 1 aliphatic heterocycles. The van der Waals surface area contributed by atoms with Gasteiger partial charge in [0.1, 0.15) is 12.1 Å². The number of nitrogens with zero attached hydrogens (tertiary/aromatic N) is 5. The molecule has 1 aromatic carbocycles. The molecule has 0 radical (unpaired) electrons. The third-order valence-corrected chi connectivity index (χ3v) is 6.06. The fraction of sp³-hybridized carbons (Fsp3) is 0.417. The molecule has 166 valence electrons. The molecule has 0 amide bonds. The third kappa shape index (κ3) is 4.65. The second-order valence-corrected chi connectivity index (χ2v) is 8.47. The number of aromatic nitrogens is 4. The van der Waals surface area contributed by atoms with Gasteiger partial charge in [-0.3, -0.25) is 0 Å². The molecule has 2 aromatic heterocycles. The van der Waals surface area contributed by atoms with Crippen molar-refractivity contribution in [3.8, 4) is 34.1 Å². The van der Waals surface area contributed by atoms with Gasteiger partial charge in [-0.15, -0.1) is 10.2 Å². The molecule has 0 spiro atoms. The van der Waals surface area contributed by atoms with E-state index in [1.165, 1.54) is 19.2 Å². The second kappa shape index (κ2) is 9.08. The number of anilines is 1. The molecule has 0 bridgehead atoms. The van der Waals surface area contributed by atoms with Crippen LogP contribution in [0.4, 0.5) is 5.82 Å². The largest absolute Gasteiger partial charge is 0.507 e. The van der Waals surface area contributed by atoms with Crippen LogP contribution >= 0.6 is 0 Å². The van der Waals surface area contributed by atoms with Gasteiger partial charge in [0, 0.05) is 36.3 Å². The Kier molecular flexibility index (Phi) is 5.85. The first-order chi connectivity index (χ1) is 15.7. The zero-order valence-corrected chi connectivity index (χ0v) is 18.2. The summed E-state index contributed by atoms with van der Waals surface area (Å²) in [6.45, 7) is 5.52. The summed E-state index contributed by atoms with van der Waals surface area (Å²) in [6, 6.07) is 11.6. The molecule has 1 saturated heterocycles. The third-order valence-electron chi connectivity index (χ3n) is 6.06. The van der Waals surface area contributed by atoms with Gasteiger partial charge < -0.3 is 20.1 Å². The van der Waals surface area contributed by atoms with Crippen molar-refractivity contribution >= 4 is 5.82 Å². The summed E-state index contributed by atoms with van der Waals surface area (Å²) < 4.78 is 5.44. The summed E-state index contributed by atoms with van der Waals surface area (Å²) in [7, 11) is 0. The molecule has 1 atom stereocenters. The van der Waals surface area contributed by atoms with Crippen molar-refractivity contribution in [2.45, 2.75) is 32.2 Å². The smallest absolute Gasteiger partial charge is 0.216 e. The molecular formula is C24H28N6O2. The van der Waals surface area contributed by atoms with Crippen LogP contribution in [0.3, 0.4) is 0 Å². The fourth-order valence-corrected chi connectivity index (χ4v) is 4.06. The Balaban J connectivity index is 1.27. The Morgan fingerprint density at radius 1 is 1.06 bits per heavy atom. The zero-order valence-electron chi connectivity index (χ0n) is 18.2. The van der Waals surface area contributed by atoms with Gasteiger partial charge in [0.15, 0.2) is 5.82 Å². The van der Waals surface area contributed by atoms with E-state index in [1.54, 1.807) is 12.1 Å². The van der Waals surface area contributed by atoms with Gasteiger partial charge in [-0.25, -0.2) is 9.97 Å². The molecule has 3 aromatic rings. The summed E-state index contributed by atoms with van der Waals surface area (Å²) in [5.41, 5.74) is 2.74. The predicted octanol–water partition coefficient (Wildman–Crippen LogP) is 3.28. The van der Waals surface area contributed by atoms with E-state index in [-0.39, 0.29) is 5.75 Å². The molecule has 8 nitrogen and oxygen atoms in total. The lowest BCUT2D eigenvalue weighted by molar-refractivity contribution is 0.326. The minimum Gasteiger partial charge on any atom is -0.507 e. The topological polar surface area (TPSA) is 96.3 Å². The van der Waals surface area contributed by atoms with Crippen molar-refractivity contribution in [3.63, 3.8) is 0 Å². The number of ether oxygens (including phenoxy) is 1. The van der Waals surface area contributed by atoms with Crippen LogP contribution in [0.15, 0.2) is 42.7 Å². The summed E-state index contributed by atoms with van der Waals surface area (Å²) in [5.74, 6) is 2.41. The number of phenols is 1. The van der Waals surface area contributed by atoms with Gasteiger partial charge in [0.05, 0.1) is 18.0 Å². The monoisotopic (exact) mass is 432 g/mol. The van der Waals surface area contributed by atoms with E-state index < -0.39 is 0 Å². The Morgan fingerprint density at radius 2 is 1.97 bits per heavy atom. The number of benzene rings is 1. The molecule has 2 fully saturated rings. The lowest BCUT2D eigenvalue weighted by atomic mass is 10.1. The van der Waals surface area contributed by atoms with E-state index in [0.717, 1.165) is 43.4 Å². The van der Waals surface area contributed by atoms with Crippen molar-refractivity contribution in [2.24, 2.45) is 5.92 Å². The summed E-state index contributed by atoms with van der Waals surface area (Å²) in [4.78, 5) is 10.6. The average Bonchev–Trinajstić information content (AvgIpc) is 3.53. The Morgan fingerprint density at radius 3 is 2.72 bits per heavy atom. The van der Waals surface area contributed by atoms with Crippen LogP contribution in [0, 0.1) is 5.92 Å². The predicted molar refractivity (Wildman–Crippen MR) is 123 cm³/mol. The minimum absolute atomic E-state index is 0.131. The zero-order chi connectivity index (χ0) is 21.9. The normalized spacial score (nSPS) is 18.2. The first-order valence-electron chi connectivity index (χ1n) is 11.3. The first kappa shape index (κ1) is 20.6. The number of hydrogen-bond acceptors (Lipinski definition) is 8. The molecule has 8 heteroatoms. The fourth-order valence-electron chi connectivity index (χ4n) is 4.06. The Labute approximate surface area is 187 Å². The lowest BCUT2D eigenvalue weighted by Gasteiger charge is -2.17. The van der Waals surface area contributed by atoms with Crippen LogP contribution in [0.2, 0.25) is 0 Å². The van der Waals surface area contributed by atoms with Crippen LogP contribution in [0.1, 0.15) is 26.2 Å². The Hall–Kier alpha value is -3.26. The van der Waals surface area contributed by atoms with Gasteiger partial charge in [-0.05, 0) is 62.9 Å². The van der Waals surface area contributed by atoms with Gasteiger partial charge in [-0.1, -0.05) is 6.07 Å². The summed E-state index contributed by atoms with van der Waals surface area (Å²) in [6.07, 6.45) is 5.33. The highest BCUT2D eigenvalue weighted by Gasteiger charge is 2.27. The van der Waals surface area contributed by atoms with Gasteiger partial charge >= 0.3 is 0 Å². The van der Waals surface area contributed by atoms with Crippen molar-refractivity contribution in [1.82, 2.24) is 25.5 Å². The SMILES string of the molecule is CCOc1cc(-c2ccc(-c3ccc(N4CCC(NCC5CC5)C4)nn3)c(O)c2)ncn1. The van der Waals surface area contributed by atoms with E-state index in [0.29, 0.717) is 35.5 Å². The van der Waals surface area contributed by atoms with E-state index in [1.807, 2.05) is 31.2 Å². The quantitative estimate of drug-likeness (QED) is 0.560. The van der Waals surface area contributed by atoms with Gasteiger partial charge in [-0.2, -0.15) is 0 Å². The second-order valence-electron chi connectivity index (χ2n) is 8.47. The minimum atomic E-state index is 0.131. The van der Waals surface area contributed by atoms with Gasteiger partial charge in [0.2, 0.25) is 5.88 Å². The number of hydrogen-bond donors (Lipinski definition) is 2. The molecular weight excluding hydrogens is 404 g/mol. The highest BCUT2D eigenvalue weighted by atomic mass is 16.5. The number of rotatable bonds is 8. The summed E-state index contributed by atoms with van der Waals surface area (Å²) in [5, 5.41) is 23.1. The van der Waals surface area contributed by atoms with E-state index in [4.69, 9.17) is 4.74 Å². The molecule has 3 heterocycles. The highest BCUT2D eigenvalue weighted by molar-refractivity contribution is 5.73. The Bertz CT molecular complexity index is 1070. The molecule has 32 heavy (non-hydrogen) atoms. The lowest BCUT2D eigenvalue weighted by Crippen LogP contribution is -2.34. The van der Waals surface area contributed by atoms with Gasteiger partial charge in [0.25, 0.3) is 0 Å². The molecule has 2 N–H and O–H groups in total. The van der Waals surface area contributed by atoms with Crippen LogP contribution in [-0.2, 0) is 0 Å². The van der Waals surface area contributed by atoms with Crippen LogP contribution in [0.25, 0.3) is 22.5 Å². The van der Waals surface area contributed by atoms with Crippen molar-refractivity contribution < 1.29 is 9.84 Å². The number of aromatic hydroxyl groups is 1. The first-order valence-corrected chi connectivity index (χ1v) is 11.3. The molecule has 1 unspecified atom stereocenters. The maximum Gasteiger partial charge on any atom is 0.216 e.